The van der Waals surface area contributed by atoms with E-state index in [1.165, 1.54) is 32.1 Å². The molecule has 0 atom stereocenters. The third kappa shape index (κ3) is 4.40. The topological polar surface area (TPSA) is 35.5 Å². The lowest BCUT2D eigenvalue weighted by Crippen LogP contribution is -2.41. The van der Waals surface area contributed by atoms with Crippen LogP contribution < -0.4 is 5.32 Å². The molecule has 0 aromatic heterocycles. The summed E-state index contributed by atoms with van der Waals surface area (Å²) in [5.41, 5.74) is 0.184. The molecular weight excluding hydrogens is 200 g/mol. The van der Waals surface area contributed by atoms with Crippen molar-refractivity contribution in [2.75, 3.05) is 39.8 Å². The molecule has 0 bridgehead atoms. The van der Waals surface area contributed by atoms with E-state index in [0.29, 0.717) is 6.61 Å². The second-order valence-electron chi connectivity index (χ2n) is 5.29. The van der Waals surface area contributed by atoms with Gasteiger partial charge in [0.15, 0.2) is 0 Å². The Labute approximate surface area is 100 Å². The fourth-order valence-electron chi connectivity index (χ4n) is 2.47. The zero-order valence-corrected chi connectivity index (χ0v) is 11.0. The van der Waals surface area contributed by atoms with Crippen LogP contribution in [0, 0.1) is 5.41 Å². The minimum absolute atomic E-state index is 0.184. The van der Waals surface area contributed by atoms with Crippen molar-refractivity contribution in [2.24, 2.45) is 5.41 Å². The molecule has 1 rings (SSSR count). The van der Waals surface area contributed by atoms with E-state index in [-0.39, 0.29) is 5.41 Å². The molecule has 0 unspecified atom stereocenters. The maximum atomic E-state index is 9.55. The highest BCUT2D eigenvalue weighted by molar-refractivity contribution is 4.84. The lowest BCUT2D eigenvalue weighted by atomic mass is 9.74. The molecule has 0 radical (unpaired) electrons. The third-order valence-corrected chi connectivity index (χ3v) is 3.96. The highest BCUT2D eigenvalue weighted by Gasteiger charge is 2.30. The van der Waals surface area contributed by atoms with E-state index in [1.54, 1.807) is 0 Å². The Morgan fingerprint density at radius 2 is 1.94 bits per heavy atom. The summed E-state index contributed by atoms with van der Waals surface area (Å²) in [5.74, 6) is 0. The number of nitrogens with one attached hydrogen (secondary N) is 1. The molecule has 1 saturated carbocycles. The molecule has 0 aliphatic heterocycles. The second-order valence-corrected chi connectivity index (χ2v) is 5.29. The Kier molecular flexibility index (Phi) is 6.32. The van der Waals surface area contributed by atoms with Gasteiger partial charge in [-0.1, -0.05) is 26.2 Å². The monoisotopic (exact) mass is 228 g/mol. The molecule has 1 fully saturated rings. The fourth-order valence-corrected chi connectivity index (χ4v) is 2.47. The van der Waals surface area contributed by atoms with Gasteiger partial charge in [0, 0.05) is 31.7 Å². The molecule has 96 valence electrons. The van der Waals surface area contributed by atoms with Gasteiger partial charge in [0.05, 0.1) is 0 Å². The Bertz CT molecular complexity index is 179. The highest BCUT2D eigenvalue weighted by atomic mass is 16.3. The van der Waals surface area contributed by atoms with E-state index >= 15 is 0 Å². The quantitative estimate of drug-likeness (QED) is 0.648. The Morgan fingerprint density at radius 3 is 2.50 bits per heavy atom. The van der Waals surface area contributed by atoms with Crippen molar-refractivity contribution in [2.45, 2.75) is 39.0 Å². The van der Waals surface area contributed by atoms with Crippen LogP contribution >= 0.6 is 0 Å². The zero-order chi connectivity index (χ0) is 11.9. The van der Waals surface area contributed by atoms with Crippen molar-refractivity contribution in [3.8, 4) is 0 Å². The van der Waals surface area contributed by atoms with Crippen molar-refractivity contribution >= 4 is 0 Å². The minimum Gasteiger partial charge on any atom is -0.396 e. The van der Waals surface area contributed by atoms with Crippen LogP contribution in [0.2, 0.25) is 0 Å². The fraction of sp³-hybridized carbons (Fsp3) is 1.00. The minimum atomic E-state index is 0.184. The van der Waals surface area contributed by atoms with Gasteiger partial charge in [0.25, 0.3) is 0 Å². The number of aliphatic hydroxyl groups excluding tert-OH is 1. The largest absolute Gasteiger partial charge is 0.396 e. The number of hydrogen-bond donors (Lipinski definition) is 2. The van der Waals surface area contributed by atoms with Crippen molar-refractivity contribution in [3.63, 3.8) is 0 Å². The molecule has 2 N–H and O–H groups in total. The van der Waals surface area contributed by atoms with Gasteiger partial charge in [0.1, 0.15) is 0 Å². The molecule has 0 spiro atoms. The standard InChI is InChI=1S/C13H28N2O/c1-3-15(2)10-9-14-11-13(12-16)7-5-4-6-8-13/h14,16H,3-12H2,1-2H3. The second kappa shape index (κ2) is 7.25. The number of hydrogen-bond acceptors (Lipinski definition) is 3. The predicted octanol–water partition coefficient (Wildman–Crippen LogP) is 1.47. The summed E-state index contributed by atoms with van der Waals surface area (Å²) < 4.78 is 0. The number of likely N-dealkylation sites (N-methyl/N-ethyl adjacent to an activating group) is 1. The van der Waals surface area contributed by atoms with Crippen LogP contribution in [-0.4, -0.2) is 49.8 Å². The average molecular weight is 228 g/mol. The molecule has 1 aliphatic carbocycles. The van der Waals surface area contributed by atoms with E-state index < -0.39 is 0 Å². The first-order valence-corrected chi connectivity index (χ1v) is 6.72. The summed E-state index contributed by atoms with van der Waals surface area (Å²) in [7, 11) is 2.14. The molecule has 0 amide bonds. The van der Waals surface area contributed by atoms with E-state index in [4.69, 9.17) is 0 Å². The van der Waals surface area contributed by atoms with Crippen LogP contribution in [0.1, 0.15) is 39.0 Å². The first-order valence-electron chi connectivity index (χ1n) is 6.72. The number of rotatable bonds is 7. The first kappa shape index (κ1) is 13.9. The van der Waals surface area contributed by atoms with Crippen LogP contribution in [0.5, 0.6) is 0 Å². The molecule has 3 heteroatoms. The summed E-state index contributed by atoms with van der Waals surface area (Å²) in [4.78, 5) is 2.31. The predicted molar refractivity (Wildman–Crippen MR) is 68.6 cm³/mol. The van der Waals surface area contributed by atoms with Gasteiger partial charge in [-0.15, -0.1) is 0 Å². The summed E-state index contributed by atoms with van der Waals surface area (Å²) in [6.07, 6.45) is 6.31. The summed E-state index contributed by atoms with van der Waals surface area (Å²) in [5, 5.41) is 13.1. The molecule has 1 aliphatic rings. The van der Waals surface area contributed by atoms with Gasteiger partial charge in [0.2, 0.25) is 0 Å². The van der Waals surface area contributed by atoms with Crippen LogP contribution in [0.15, 0.2) is 0 Å². The Balaban J connectivity index is 2.18. The van der Waals surface area contributed by atoms with Gasteiger partial charge in [-0.25, -0.2) is 0 Å². The maximum Gasteiger partial charge on any atom is 0.0499 e. The molecule has 0 heterocycles. The average Bonchev–Trinajstić information content (AvgIpc) is 2.35. The van der Waals surface area contributed by atoms with E-state index in [1.807, 2.05) is 0 Å². The normalized spacial score (nSPS) is 20.2. The molecule has 3 nitrogen and oxygen atoms in total. The highest BCUT2D eigenvalue weighted by Crippen LogP contribution is 2.34. The van der Waals surface area contributed by atoms with E-state index in [9.17, 15) is 5.11 Å². The lowest BCUT2D eigenvalue weighted by Gasteiger charge is -2.36. The number of aliphatic hydroxyl groups is 1. The molecule has 0 aromatic rings. The van der Waals surface area contributed by atoms with Crippen LogP contribution in [0.3, 0.4) is 0 Å². The van der Waals surface area contributed by atoms with Crippen LogP contribution in [0.4, 0.5) is 0 Å². The van der Waals surface area contributed by atoms with Crippen molar-refractivity contribution in [3.05, 3.63) is 0 Å². The van der Waals surface area contributed by atoms with Crippen molar-refractivity contribution in [1.82, 2.24) is 10.2 Å². The van der Waals surface area contributed by atoms with Gasteiger partial charge < -0.3 is 15.3 Å². The van der Waals surface area contributed by atoms with E-state index in [2.05, 4.69) is 24.2 Å². The molecule has 16 heavy (non-hydrogen) atoms. The Hall–Kier alpha value is -0.120. The summed E-state index contributed by atoms with van der Waals surface area (Å²) in [6.45, 7) is 6.75. The third-order valence-electron chi connectivity index (χ3n) is 3.96. The summed E-state index contributed by atoms with van der Waals surface area (Å²) >= 11 is 0. The smallest absolute Gasteiger partial charge is 0.0499 e. The SMILES string of the molecule is CCN(C)CCNCC1(CO)CCCCC1. The van der Waals surface area contributed by atoms with Gasteiger partial charge in [-0.05, 0) is 26.4 Å². The lowest BCUT2D eigenvalue weighted by molar-refractivity contribution is 0.0809. The Morgan fingerprint density at radius 1 is 1.25 bits per heavy atom. The van der Waals surface area contributed by atoms with Crippen LogP contribution in [-0.2, 0) is 0 Å². The molecule has 0 saturated heterocycles. The van der Waals surface area contributed by atoms with Crippen molar-refractivity contribution < 1.29 is 5.11 Å². The van der Waals surface area contributed by atoms with Crippen LogP contribution in [0.25, 0.3) is 0 Å². The van der Waals surface area contributed by atoms with E-state index in [0.717, 1.165) is 26.2 Å². The van der Waals surface area contributed by atoms with Gasteiger partial charge in [-0.2, -0.15) is 0 Å². The maximum absolute atomic E-state index is 9.55. The van der Waals surface area contributed by atoms with Crippen molar-refractivity contribution in [1.29, 1.82) is 0 Å². The molecular formula is C13H28N2O. The number of nitrogens with zero attached hydrogens (tertiary/aromatic N) is 1. The molecule has 0 aromatic carbocycles. The summed E-state index contributed by atoms with van der Waals surface area (Å²) in [6, 6.07) is 0. The van der Waals surface area contributed by atoms with Gasteiger partial charge >= 0.3 is 0 Å². The van der Waals surface area contributed by atoms with Gasteiger partial charge in [-0.3, -0.25) is 0 Å². The zero-order valence-electron chi connectivity index (χ0n) is 11.0. The first-order chi connectivity index (χ1) is 7.72.